The Bertz CT molecular complexity index is 862. The first-order valence-corrected chi connectivity index (χ1v) is 8.09. The van der Waals surface area contributed by atoms with E-state index in [9.17, 15) is 4.79 Å². The molecule has 0 amide bonds. The van der Waals surface area contributed by atoms with Crippen molar-refractivity contribution in [1.29, 1.82) is 0 Å². The SMILES string of the molecule is CCC(C)(C)C(=O)OCc1cccc2ccc3ccccc3c12. The summed E-state index contributed by atoms with van der Waals surface area (Å²) in [4.78, 5) is 12.2. The minimum atomic E-state index is -0.438. The lowest BCUT2D eigenvalue weighted by atomic mass is 9.90. The maximum absolute atomic E-state index is 12.2. The molecule has 0 spiro atoms. The molecular formula is C21H22O2. The van der Waals surface area contributed by atoms with E-state index in [1.807, 2.05) is 45.0 Å². The number of hydrogen-bond donors (Lipinski definition) is 0. The molecule has 0 aliphatic carbocycles. The highest BCUT2D eigenvalue weighted by Crippen LogP contribution is 2.29. The number of benzene rings is 3. The third-order valence-corrected chi connectivity index (χ3v) is 4.65. The van der Waals surface area contributed by atoms with E-state index in [0.717, 1.165) is 12.0 Å². The fourth-order valence-corrected chi connectivity index (χ4v) is 2.74. The molecule has 0 aliphatic heterocycles. The molecule has 0 bridgehead atoms. The number of esters is 1. The lowest BCUT2D eigenvalue weighted by molar-refractivity contribution is -0.155. The summed E-state index contributed by atoms with van der Waals surface area (Å²) < 4.78 is 5.60. The molecule has 2 nitrogen and oxygen atoms in total. The molecular weight excluding hydrogens is 284 g/mol. The van der Waals surface area contributed by atoms with Gasteiger partial charge in [0.05, 0.1) is 5.41 Å². The van der Waals surface area contributed by atoms with Crippen LogP contribution in [0, 0.1) is 5.41 Å². The van der Waals surface area contributed by atoms with Crippen LogP contribution in [0.3, 0.4) is 0 Å². The van der Waals surface area contributed by atoms with Gasteiger partial charge in [-0.3, -0.25) is 4.79 Å². The Kier molecular flexibility index (Phi) is 4.08. The monoisotopic (exact) mass is 306 g/mol. The maximum atomic E-state index is 12.2. The van der Waals surface area contributed by atoms with Crippen molar-refractivity contribution in [1.82, 2.24) is 0 Å². The topological polar surface area (TPSA) is 26.3 Å². The summed E-state index contributed by atoms with van der Waals surface area (Å²) in [7, 11) is 0. The van der Waals surface area contributed by atoms with E-state index in [0.29, 0.717) is 6.61 Å². The molecule has 0 aromatic heterocycles. The number of hydrogen-bond acceptors (Lipinski definition) is 2. The minimum absolute atomic E-state index is 0.141. The van der Waals surface area contributed by atoms with Gasteiger partial charge in [0.1, 0.15) is 6.61 Å². The zero-order valence-electron chi connectivity index (χ0n) is 13.9. The number of rotatable bonds is 4. The number of carbonyl (C=O) groups is 1. The Morgan fingerprint density at radius 2 is 1.65 bits per heavy atom. The molecule has 0 fully saturated rings. The second kappa shape index (κ2) is 6.04. The van der Waals surface area contributed by atoms with Gasteiger partial charge in [-0.15, -0.1) is 0 Å². The van der Waals surface area contributed by atoms with E-state index in [4.69, 9.17) is 4.74 Å². The van der Waals surface area contributed by atoms with Crippen LogP contribution in [0.2, 0.25) is 0 Å². The highest BCUT2D eigenvalue weighted by Gasteiger charge is 2.27. The quantitative estimate of drug-likeness (QED) is 0.472. The molecule has 0 unspecified atom stereocenters. The molecule has 3 rings (SSSR count). The van der Waals surface area contributed by atoms with Crippen molar-refractivity contribution in [2.24, 2.45) is 5.41 Å². The zero-order chi connectivity index (χ0) is 16.4. The maximum Gasteiger partial charge on any atom is 0.311 e. The molecule has 0 N–H and O–H groups in total. The molecule has 3 aromatic carbocycles. The molecule has 118 valence electrons. The average Bonchev–Trinajstić information content (AvgIpc) is 2.59. The van der Waals surface area contributed by atoms with Gasteiger partial charge in [0.25, 0.3) is 0 Å². The van der Waals surface area contributed by atoms with Crippen LogP contribution in [0.1, 0.15) is 32.8 Å². The van der Waals surface area contributed by atoms with Gasteiger partial charge in [-0.25, -0.2) is 0 Å². The van der Waals surface area contributed by atoms with Crippen molar-refractivity contribution < 1.29 is 9.53 Å². The Morgan fingerprint density at radius 1 is 0.957 bits per heavy atom. The van der Waals surface area contributed by atoms with Crippen LogP contribution in [0.15, 0.2) is 54.6 Å². The molecule has 23 heavy (non-hydrogen) atoms. The largest absolute Gasteiger partial charge is 0.460 e. The van der Waals surface area contributed by atoms with Gasteiger partial charge in [0, 0.05) is 0 Å². The molecule has 0 saturated heterocycles. The van der Waals surface area contributed by atoms with Gasteiger partial charge in [0.15, 0.2) is 0 Å². The van der Waals surface area contributed by atoms with Crippen LogP contribution in [-0.4, -0.2) is 5.97 Å². The first-order valence-electron chi connectivity index (χ1n) is 8.09. The average molecular weight is 306 g/mol. The van der Waals surface area contributed by atoms with Crippen LogP contribution >= 0.6 is 0 Å². The molecule has 3 aromatic rings. The van der Waals surface area contributed by atoms with Crippen molar-refractivity contribution in [2.45, 2.75) is 33.8 Å². The fraction of sp³-hybridized carbons (Fsp3) is 0.286. The predicted molar refractivity (Wildman–Crippen MR) is 95.3 cm³/mol. The van der Waals surface area contributed by atoms with E-state index < -0.39 is 5.41 Å². The summed E-state index contributed by atoms with van der Waals surface area (Å²) >= 11 is 0. The van der Waals surface area contributed by atoms with Crippen molar-refractivity contribution in [2.75, 3.05) is 0 Å². The first-order chi connectivity index (χ1) is 11.0. The van der Waals surface area contributed by atoms with Gasteiger partial charge >= 0.3 is 5.97 Å². The van der Waals surface area contributed by atoms with Gasteiger partial charge < -0.3 is 4.74 Å². The second-order valence-corrected chi connectivity index (χ2v) is 6.62. The van der Waals surface area contributed by atoms with E-state index in [1.54, 1.807) is 0 Å². The van der Waals surface area contributed by atoms with Crippen molar-refractivity contribution in [3.63, 3.8) is 0 Å². The highest BCUT2D eigenvalue weighted by atomic mass is 16.5. The number of ether oxygens (including phenoxy) is 1. The molecule has 0 saturated carbocycles. The lowest BCUT2D eigenvalue weighted by Crippen LogP contribution is -2.25. The van der Waals surface area contributed by atoms with Gasteiger partial charge in [-0.2, -0.15) is 0 Å². The third-order valence-electron chi connectivity index (χ3n) is 4.65. The van der Waals surface area contributed by atoms with Crippen molar-refractivity contribution in [3.8, 4) is 0 Å². The fourth-order valence-electron chi connectivity index (χ4n) is 2.74. The van der Waals surface area contributed by atoms with Crippen LogP contribution in [0.5, 0.6) is 0 Å². The molecule has 0 radical (unpaired) electrons. The third kappa shape index (κ3) is 2.94. The van der Waals surface area contributed by atoms with Gasteiger partial charge in [-0.05, 0) is 47.4 Å². The minimum Gasteiger partial charge on any atom is -0.460 e. The van der Waals surface area contributed by atoms with Crippen molar-refractivity contribution in [3.05, 3.63) is 60.2 Å². The van der Waals surface area contributed by atoms with E-state index in [2.05, 4.69) is 30.3 Å². The van der Waals surface area contributed by atoms with Crippen LogP contribution < -0.4 is 0 Å². The first kappa shape index (κ1) is 15.5. The van der Waals surface area contributed by atoms with E-state index in [1.165, 1.54) is 21.5 Å². The Balaban J connectivity index is 2.01. The molecule has 0 aliphatic rings. The van der Waals surface area contributed by atoms with Crippen LogP contribution in [0.4, 0.5) is 0 Å². The lowest BCUT2D eigenvalue weighted by Gasteiger charge is -2.20. The van der Waals surface area contributed by atoms with E-state index >= 15 is 0 Å². The molecule has 2 heteroatoms. The summed E-state index contributed by atoms with van der Waals surface area (Å²) in [6.45, 7) is 6.17. The Hall–Kier alpha value is -2.35. The highest BCUT2D eigenvalue weighted by molar-refractivity contribution is 6.09. The Labute approximate surface area is 137 Å². The number of carbonyl (C=O) groups excluding carboxylic acids is 1. The summed E-state index contributed by atoms with van der Waals surface area (Å²) in [5.74, 6) is -0.141. The van der Waals surface area contributed by atoms with Crippen LogP contribution in [0.25, 0.3) is 21.5 Å². The summed E-state index contributed by atoms with van der Waals surface area (Å²) in [6, 6.07) is 18.7. The standard InChI is InChI=1S/C21H22O2/c1-4-21(2,3)20(22)23-14-17-10-7-9-16-13-12-15-8-5-6-11-18(15)19(16)17/h5-13H,4,14H2,1-3H3. The summed E-state index contributed by atoms with van der Waals surface area (Å²) in [5, 5.41) is 4.75. The number of fused-ring (bicyclic) bond motifs is 3. The van der Waals surface area contributed by atoms with Gasteiger partial charge in [0.2, 0.25) is 0 Å². The zero-order valence-corrected chi connectivity index (χ0v) is 13.9. The predicted octanol–water partition coefficient (Wildman–Crippen LogP) is 5.47. The normalized spacial score (nSPS) is 11.8. The van der Waals surface area contributed by atoms with Crippen molar-refractivity contribution >= 4 is 27.5 Å². The smallest absolute Gasteiger partial charge is 0.311 e. The molecule has 0 heterocycles. The second-order valence-electron chi connectivity index (χ2n) is 6.62. The van der Waals surface area contributed by atoms with Gasteiger partial charge in [-0.1, -0.05) is 61.5 Å². The van der Waals surface area contributed by atoms with E-state index in [-0.39, 0.29) is 5.97 Å². The summed E-state index contributed by atoms with van der Waals surface area (Å²) in [6.07, 6.45) is 0.768. The van der Waals surface area contributed by atoms with Crippen LogP contribution in [-0.2, 0) is 16.1 Å². The molecule has 0 atom stereocenters. The Morgan fingerprint density at radius 3 is 2.43 bits per heavy atom. The summed E-state index contributed by atoms with van der Waals surface area (Å²) in [5.41, 5.74) is 0.617.